The average molecular weight is 323 g/mol. The molecule has 4 rings (SSSR count). The summed E-state index contributed by atoms with van der Waals surface area (Å²) in [4.78, 5) is 2.33. The van der Waals surface area contributed by atoms with Gasteiger partial charge in [0.2, 0.25) is 0 Å². The number of hydrogen-bond acceptors (Lipinski definition) is 4. The number of aliphatic hydroxyl groups is 1. The maximum Gasteiger partial charge on any atom is 0.0900 e. The fraction of sp³-hybridized carbons (Fsp3) is 0.895. The van der Waals surface area contributed by atoms with Crippen molar-refractivity contribution >= 4 is 0 Å². The maximum absolute atomic E-state index is 10.3. The number of nitrogens with zero attached hydrogens (tertiary/aromatic N) is 1. The number of fused-ring (bicyclic) bond motifs is 1. The molecule has 0 spiro atoms. The summed E-state index contributed by atoms with van der Waals surface area (Å²) in [5.41, 5.74) is 1.91. The summed E-state index contributed by atoms with van der Waals surface area (Å²) in [6.45, 7) is 12.4. The lowest BCUT2D eigenvalue weighted by Gasteiger charge is -2.56. The zero-order valence-corrected chi connectivity index (χ0v) is 15.1. The molecule has 1 N–H and O–H groups in total. The monoisotopic (exact) mass is 323 g/mol. The number of aliphatic hydroxyl groups excluding tert-OH is 1. The summed E-state index contributed by atoms with van der Waals surface area (Å²) in [5, 5.41) is 10.3. The Kier molecular flexibility index (Phi) is 5.17. The van der Waals surface area contributed by atoms with E-state index in [1.807, 2.05) is 0 Å². The molecular formula is C19H33NO3. The van der Waals surface area contributed by atoms with E-state index in [2.05, 4.69) is 38.7 Å². The standard InChI is InChI=1S/C19H33NO3/c1-13-9-22-10-14(2)20(13)8-17(21)12-23-11-15-5-6-16-7-18(15)19(16,3)4/h5,13-14,16-18,21H,6-12H2,1-4H3/t13-,14+,16-,17+,18+/m0/s1. The van der Waals surface area contributed by atoms with E-state index in [1.165, 1.54) is 18.4 Å². The van der Waals surface area contributed by atoms with Crippen molar-refractivity contribution in [1.29, 1.82) is 0 Å². The summed E-state index contributed by atoms with van der Waals surface area (Å²) in [6, 6.07) is 0.726. The molecule has 0 aromatic carbocycles. The predicted octanol–water partition coefficient (Wildman–Crippen LogP) is 2.47. The maximum atomic E-state index is 10.3. The Morgan fingerprint density at radius 3 is 2.65 bits per heavy atom. The van der Waals surface area contributed by atoms with Crippen molar-refractivity contribution in [2.45, 2.75) is 58.7 Å². The summed E-state index contributed by atoms with van der Waals surface area (Å²) in [7, 11) is 0. The predicted molar refractivity (Wildman–Crippen MR) is 91.4 cm³/mol. The van der Waals surface area contributed by atoms with Crippen LogP contribution in [0, 0.1) is 17.3 Å². The molecule has 0 radical (unpaired) electrons. The van der Waals surface area contributed by atoms with Gasteiger partial charge in [0, 0.05) is 18.6 Å². The molecule has 4 aliphatic rings. The number of ether oxygens (including phenoxy) is 2. The van der Waals surface area contributed by atoms with E-state index in [0.717, 1.165) is 19.1 Å². The summed E-state index contributed by atoms with van der Waals surface area (Å²) in [5.74, 6) is 1.56. The van der Waals surface area contributed by atoms with Crippen LogP contribution in [0.15, 0.2) is 11.6 Å². The Balaban J connectivity index is 1.41. The molecule has 1 aliphatic heterocycles. The molecule has 2 bridgehead atoms. The van der Waals surface area contributed by atoms with Crippen LogP contribution < -0.4 is 0 Å². The van der Waals surface area contributed by atoms with E-state index in [-0.39, 0.29) is 0 Å². The Hall–Kier alpha value is -0.420. The molecule has 4 nitrogen and oxygen atoms in total. The summed E-state index contributed by atoms with van der Waals surface area (Å²) < 4.78 is 11.4. The Bertz CT molecular complexity index is 438. The lowest BCUT2D eigenvalue weighted by Crippen LogP contribution is -2.52. The van der Waals surface area contributed by atoms with E-state index in [0.29, 0.717) is 43.2 Å². The minimum Gasteiger partial charge on any atom is -0.389 e. The third-order valence-electron chi connectivity index (χ3n) is 6.43. The number of allylic oxidation sites excluding steroid dienone is 1. The van der Waals surface area contributed by atoms with Gasteiger partial charge in [-0.1, -0.05) is 19.9 Å². The smallest absolute Gasteiger partial charge is 0.0900 e. The molecule has 1 heterocycles. The van der Waals surface area contributed by atoms with Gasteiger partial charge >= 0.3 is 0 Å². The van der Waals surface area contributed by atoms with E-state index in [9.17, 15) is 5.11 Å². The number of rotatable bonds is 6. The first-order chi connectivity index (χ1) is 10.9. The van der Waals surface area contributed by atoms with E-state index in [4.69, 9.17) is 9.47 Å². The lowest BCUT2D eigenvalue weighted by atomic mass is 9.49. The first kappa shape index (κ1) is 17.4. The average Bonchev–Trinajstić information content (AvgIpc) is 2.51. The quantitative estimate of drug-likeness (QED) is 0.763. The summed E-state index contributed by atoms with van der Waals surface area (Å²) in [6.07, 6.45) is 4.48. The highest BCUT2D eigenvalue weighted by Crippen LogP contribution is 2.59. The zero-order valence-electron chi connectivity index (χ0n) is 15.1. The molecular weight excluding hydrogens is 290 g/mol. The van der Waals surface area contributed by atoms with Gasteiger partial charge in [-0.15, -0.1) is 0 Å². The second-order valence-corrected chi connectivity index (χ2v) is 8.42. The van der Waals surface area contributed by atoms with Crippen molar-refractivity contribution < 1.29 is 14.6 Å². The number of hydrogen-bond donors (Lipinski definition) is 1. The van der Waals surface area contributed by atoms with Gasteiger partial charge in [0.1, 0.15) is 0 Å². The Morgan fingerprint density at radius 1 is 1.35 bits per heavy atom. The van der Waals surface area contributed by atoms with Gasteiger partial charge < -0.3 is 14.6 Å². The topological polar surface area (TPSA) is 41.9 Å². The zero-order chi connectivity index (χ0) is 16.6. The number of morpholine rings is 1. The van der Waals surface area contributed by atoms with Crippen LogP contribution in [0.1, 0.15) is 40.5 Å². The molecule has 0 amide bonds. The largest absolute Gasteiger partial charge is 0.389 e. The second-order valence-electron chi connectivity index (χ2n) is 8.42. The van der Waals surface area contributed by atoms with Crippen molar-refractivity contribution in [3.63, 3.8) is 0 Å². The molecule has 1 saturated heterocycles. The Labute approximate surface area is 140 Å². The SMILES string of the molecule is C[C@@H]1COC[C@H](C)N1C[C@@H](O)COCC1=CC[C@H]2C[C@H]1C2(C)C. The molecule has 4 heteroatoms. The van der Waals surface area contributed by atoms with Crippen LogP contribution in [0.5, 0.6) is 0 Å². The Morgan fingerprint density at radius 2 is 2.04 bits per heavy atom. The van der Waals surface area contributed by atoms with Crippen molar-refractivity contribution in [2.24, 2.45) is 17.3 Å². The van der Waals surface area contributed by atoms with Gasteiger partial charge in [-0.25, -0.2) is 0 Å². The third-order valence-corrected chi connectivity index (χ3v) is 6.43. The fourth-order valence-electron chi connectivity index (χ4n) is 4.64. The first-order valence-corrected chi connectivity index (χ1v) is 9.17. The van der Waals surface area contributed by atoms with Crippen LogP contribution in [-0.4, -0.2) is 61.2 Å². The molecule has 3 aliphatic carbocycles. The van der Waals surface area contributed by atoms with Crippen LogP contribution in [0.4, 0.5) is 0 Å². The van der Waals surface area contributed by atoms with Gasteiger partial charge in [-0.05, 0) is 49.5 Å². The van der Waals surface area contributed by atoms with Gasteiger partial charge in [0.05, 0.1) is 32.5 Å². The van der Waals surface area contributed by atoms with Gasteiger partial charge in [-0.2, -0.15) is 0 Å². The van der Waals surface area contributed by atoms with Crippen LogP contribution in [-0.2, 0) is 9.47 Å². The fourth-order valence-corrected chi connectivity index (χ4v) is 4.64. The highest BCUT2D eigenvalue weighted by Gasteiger charge is 2.50. The van der Waals surface area contributed by atoms with Crippen molar-refractivity contribution in [1.82, 2.24) is 4.90 Å². The van der Waals surface area contributed by atoms with E-state index >= 15 is 0 Å². The third kappa shape index (κ3) is 3.51. The first-order valence-electron chi connectivity index (χ1n) is 9.17. The highest BCUT2D eigenvalue weighted by molar-refractivity contribution is 5.23. The van der Waals surface area contributed by atoms with E-state index < -0.39 is 6.10 Å². The lowest BCUT2D eigenvalue weighted by molar-refractivity contribution is -0.0662. The van der Waals surface area contributed by atoms with E-state index in [1.54, 1.807) is 0 Å². The number of β-amino-alcohol motifs (C(OH)–C–C–N with tert-alkyl or cyclic N) is 1. The van der Waals surface area contributed by atoms with Crippen molar-refractivity contribution in [2.75, 3.05) is 33.0 Å². The van der Waals surface area contributed by atoms with Gasteiger partial charge in [0.25, 0.3) is 0 Å². The van der Waals surface area contributed by atoms with Crippen LogP contribution >= 0.6 is 0 Å². The normalized spacial score (nSPS) is 37.9. The molecule has 0 aromatic heterocycles. The van der Waals surface area contributed by atoms with Gasteiger partial charge in [-0.3, -0.25) is 4.90 Å². The van der Waals surface area contributed by atoms with Crippen LogP contribution in [0.3, 0.4) is 0 Å². The van der Waals surface area contributed by atoms with Crippen LogP contribution in [0.25, 0.3) is 0 Å². The van der Waals surface area contributed by atoms with Gasteiger partial charge in [0.15, 0.2) is 0 Å². The highest BCUT2D eigenvalue weighted by atomic mass is 16.5. The molecule has 23 heavy (non-hydrogen) atoms. The summed E-state index contributed by atoms with van der Waals surface area (Å²) >= 11 is 0. The molecule has 5 atom stereocenters. The van der Waals surface area contributed by atoms with Crippen LogP contribution in [0.2, 0.25) is 0 Å². The minimum absolute atomic E-state index is 0.363. The van der Waals surface area contributed by atoms with Crippen molar-refractivity contribution in [3.05, 3.63) is 11.6 Å². The molecule has 0 unspecified atom stereocenters. The van der Waals surface area contributed by atoms with Crippen molar-refractivity contribution in [3.8, 4) is 0 Å². The minimum atomic E-state index is -0.427. The molecule has 0 aromatic rings. The molecule has 2 fully saturated rings. The molecule has 132 valence electrons. The molecule has 1 saturated carbocycles. The second kappa shape index (κ2) is 6.83.